The normalized spacial score (nSPS) is 20.0. The van der Waals surface area contributed by atoms with Gasteiger partial charge >= 0.3 is 10.4 Å². The predicted molar refractivity (Wildman–Crippen MR) is 96.9 cm³/mol. The second-order valence-corrected chi connectivity index (χ2v) is 8.26. The molecule has 10 heteroatoms. The number of hydrogen-bond acceptors (Lipinski definition) is 6. The van der Waals surface area contributed by atoms with Crippen LogP contribution in [0.4, 0.5) is 0 Å². The Hall–Kier alpha value is -0.780. The molecule has 1 aliphatic rings. The molecule has 0 aliphatic carbocycles. The van der Waals surface area contributed by atoms with Gasteiger partial charge < -0.3 is 11.5 Å². The molecule has 152 valence electrons. The molecule has 1 aliphatic heterocycles. The second kappa shape index (κ2) is 10.4. The minimum atomic E-state index is -4.67. The topological polar surface area (TPSA) is 151 Å². The molecule has 0 aromatic heterocycles. The van der Waals surface area contributed by atoms with Crippen molar-refractivity contribution >= 4 is 16.3 Å². The fourth-order valence-electron chi connectivity index (χ4n) is 3.30. The van der Waals surface area contributed by atoms with Gasteiger partial charge in [0.2, 0.25) is 5.91 Å². The molecule has 6 N–H and O–H groups in total. The SMILES string of the molecule is CCCCON1C(C)(C)CC(NC(C)=O)CC1(C)C.N.O=S(=O)(O)O. The molecule has 1 rings (SSSR count). The number of hydroxylamine groups is 2. The molecular weight excluding hydrogens is 350 g/mol. The lowest BCUT2D eigenvalue weighted by atomic mass is 9.79. The van der Waals surface area contributed by atoms with E-state index >= 15 is 0 Å². The van der Waals surface area contributed by atoms with Crippen molar-refractivity contribution in [2.24, 2.45) is 0 Å². The van der Waals surface area contributed by atoms with E-state index in [1.165, 1.54) is 0 Å². The van der Waals surface area contributed by atoms with E-state index in [1.807, 2.05) is 0 Å². The van der Waals surface area contributed by atoms with E-state index in [0.717, 1.165) is 32.3 Å². The number of carbonyl (C=O) groups is 1. The molecular formula is C15H35N3O6S. The molecule has 0 aromatic carbocycles. The summed E-state index contributed by atoms with van der Waals surface area (Å²) < 4.78 is 31.6. The van der Waals surface area contributed by atoms with Crippen molar-refractivity contribution in [3.8, 4) is 0 Å². The van der Waals surface area contributed by atoms with Crippen molar-refractivity contribution in [3.05, 3.63) is 0 Å². The summed E-state index contributed by atoms with van der Waals surface area (Å²) >= 11 is 0. The van der Waals surface area contributed by atoms with Crippen molar-refractivity contribution in [2.45, 2.75) is 84.3 Å². The zero-order chi connectivity index (χ0) is 19.2. The fraction of sp³-hybridized carbons (Fsp3) is 0.933. The van der Waals surface area contributed by atoms with Crippen LogP contribution in [0.3, 0.4) is 0 Å². The summed E-state index contributed by atoms with van der Waals surface area (Å²) in [5.74, 6) is 0.0527. The molecule has 0 unspecified atom stereocenters. The van der Waals surface area contributed by atoms with Crippen LogP contribution in [-0.4, -0.2) is 52.2 Å². The maximum atomic E-state index is 11.3. The molecule has 0 saturated carbocycles. The lowest BCUT2D eigenvalue weighted by Gasteiger charge is -2.53. The number of amides is 1. The van der Waals surface area contributed by atoms with Gasteiger partial charge in [-0.25, -0.2) is 0 Å². The van der Waals surface area contributed by atoms with Gasteiger partial charge in [-0.1, -0.05) is 13.3 Å². The van der Waals surface area contributed by atoms with Crippen molar-refractivity contribution in [1.82, 2.24) is 16.5 Å². The van der Waals surface area contributed by atoms with Gasteiger partial charge in [-0.3, -0.25) is 18.7 Å². The van der Waals surface area contributed by atoms with Crippen LogP contribution in [0.25, 0.3) is 0 Å². The number of carbonyl (C=O) groups excluding carboxylic acids is 1. The molecule has 0 atom stereocenters. The number of rotatable bonds is 5. The van der Waals surface area contributed by atoms with Crippen LogP contribution in [-0.2, 0) is 20.0 Å². The smallest absolute Gasteiger partial charge is 0.353 e. The average molecular weight is 386 g/mol. The number of piperidine rings is 1. The summed E-state index contributed by atoms with van der Waals surface area (Å²) in [4.78, 5) is 17.3. The highest BCUT2D eigenvalue weighted by Crippen LogP contribution is 2.38. The Balaban J connectivity index is 0. The van der Waals surface area contributed by atoms with Gasteiger partial charge in [-0.2, -0.15) is 13.5 Å². The predicted octanol–water partition coefficient (Wildman–Crippen LogP) is 2.39. The van der Waals surface area contributed by atoms with Crippen LogP contribution in [0.1, 0.15) is 67.2 Å². The van der Waals surface area contributed by atoms with E-state index in [4.69, 9.17) is 22.4 Å². The zero-order valence-corrected chi connectivity index (χ0v) is 17.0. The summed E-state index contributed by atoms with van der Waals surface area (Å²) in [7, 11) is -4.67. The minimum absolute atomic E-state index is 0. The molecule has 1 saturated heterocycles. The number of hydrogen-bond donors (Lipinski definition) is 4. The lowest BCUT2D eigenvalue weighted by molar-refractivity contribution is -0.284. The number of unbranched alkanes of at least 4 members (excludes halogenated alkanes) is 1. The van der Waals surface area contributed by atoms with Gasteiger partial charge in [-0.15, -0.1) is 0 Å². The first-order chi connectivity index (χ1) is 10.7. The summed E-state index contributed by atoms with van der Waals surface area (Å²) in [6, 6.07) is 0.230. The summed E-state index contributed by atoms with van der Waals surface area (Å²) in [6.07, 6.45) is 4.06. The van der Waals surface area contributed by atoms with Crippen molar-refractivity contribution < 1.29 is 27.2 Å². The van der Waals surface area contributed by atoms with E-state index in [9.17, 15) is 4.79 Å². The highest BCUT2D eigenvalue weighted by Gasteiger charge is 2.46. The summed E-state index contributed by atoms with van der Waals surface area (Å²) in [6.45, 7) is 13.3. The Labute approximate surface area is 151 Å². The molecule has 9 nitrogen and oxygen atoms in total. The zero-order valence-electron chi connectivity index (χ0n) is 16.2. The Kier molecular flexibility index (Phi) is 11.0. The highest BCUT2D eigenvalue weighted by molar-refractivity contribution is 7.79. The van der Waals surface area contributed by atoms with Gasteiger partial charge in [0, 0.05) is 24.0 Å². The van der Waals surface area contributed by atoms with Gasteiger partial charge in [0.05, 0.1) is 6.61 Å². The molecule has 25 heavy (non-hydrogen) atoms. The Morgan fingerprint density at radius 2 is 1.60 bits per heavy atom. The Bertz CT molecular complexity index is 481. The molecule has 0 radical (unpaired) electrons. The van der Waals surface area contributed by atoms with E-state index in [2.05, 4.69) is 45.0 Å². The largest absolute Gasteiger partial charge is 0.394 e. The number of nitrogens with one attached hydrogen (secondary N) is 1. The molecule has 0 aromatic rings. The van der Waals surface area contributed by atoms with E-state index in [0.29, 0.717) is 0 Å². The third kappa shape index (κ3) is 11.4. The maximum absolute atomic E-state index is 11.3. The Morgan fingerprint density at radius 1 is 1.20 bits per heavy atom. The first-order valence-electron chi connectivity index (χ1n) is 8.09. The maximum Gasteiger partial charge on any atom is 0.394 e. The Morgan fingerprint density at radius 3 is 1.92 bits per heavy atom. The van der Waals surface area contributed by atoms with Crippen LogP contribution < -0.4 is 11.5 Å². The van der Waals surface area contributed by atoms with Gasteiger partial charge in [0.1, 0.15) is 0 Å². The van der Waals surface area contributed by atoms with Crippen LogP contribution in [0.15, 0.2) is 0 Å². The minimum Gasteiger partial charge on any atom is -0.353 e. The van der Waals surface area contributed by atoms with Crippen LogP contribution >= 0.6 is 0 Å². The average Bonchev–Trinajstić information content (AvgIpc) is 2.28. The molecule has 0 bridgehead atoms. The van der Waals surface area contributed by atoms with Gasteiger partial charge in [0.15, 0.2) is 0 Å². The van der Waals surface area contributed by atoms with E-state index < -0.39 is 10.4 Å². The van der Waals surface area contributed by atoms with Crippen LogP contribution in [0, 0.1) is 0 Å². The molecule has 1 amide bonds. The molecule has 0 spiro atoms. The first kappa shape index (κ1) is 26.4. The van der Waals surface area contributed by atoms with Crippen molar-refractivity contribution in [1.29, 1.82) is 0 Å². The lowest BCUT2D eigenvalue weighted by Crippen LogP contribution is -2.64. The quantitative estimate of drug-likeness (QED) is 0.416. The third-order valence-corrected chi connectivity index (χ3v) is 3.72. The second-order valence-electron chi connectivity index (χ2n) is 7.36. The fourth-order valence-corrected chi connectivity index (χ4v) is 3.30. The van der Waals surface area contributed by atoms with Crippen molar-refractivity contribution in [3.63, 3.8) is 0 Å². The number of nitrogens with zero attached hydrogens (tertiary/aromatic N) is 1. The highest BCUT2D eigenvalue weighted by atomic mass is 32.3. The van der Waals surface area contributed by atoms with Crippen LogP contribution in [0.2, 0.25) is 0 Å². The summed E-state index contributed by atoms with van der Waals surface area (Å²) in [5.41, 5.74) is -0.134. The van der Waals surface area contributed by atoms with Crippen LogP contribution in [0.5, 0.6) is 0 Å². The van der Waals surface area contributed by atoms with Gasteiger partial charge in [-0.05, 0) is 47.0 Å². The molecule has 1 fully saturated rings. The van der Waals surface area contributed by atoms with Crippen molar-refractivity contribution in [2.75, 3.05) is 6.61 Å². The first-order valence-corrected chi connectivity index (χ1v) is 9.49. The van der Waals surface area contributed by atoms with Gasteiger partial charge in [0.25, 0.3) is 0 Å². The van der Waals surface area contributed by atoms with E-state index in [-0.39, 0.29) is 29.2 Å². The monoisotopic (exact) mass is 385 g/mol. The summed E-state index contributed by atoms with van der Waals surface area (Å²) in [5, 5.41) is 5.21. The standard InChI is InChI=1S/C15H30N2O2.H3N.H2O4S/c1-7-8-9-19-17-14(3,4)10-13(16-12(2)18)11-15(17,5)6;;1-5(2,3)4/h13H,7-11H2,1-6H3,(H,16,18);1H3;(H2,1,2,3,4). The molecule has 1 heterocycles. The third-order valence-electron chi connectivity index (χ3n) is 3.72. The van der Waals surface area contributed by atoms with E-state index in [1.54, 1.807) is 6.92 Å².